The third-order valence-electron chi connectivity index (χ3n) is 5.51. The van der Waals surface area contributed by atoms with E-state index in [0.717, 1.165) is 51.8 Å². The maximum Gasteiger partial charge on any atom is 0.126 e. The van der Waals surface area contributed by atoms with E-state index >= 15 is 0 Å². The maximum absolute atomic E-state index is 10.8. The Morgan fingerprint density at radius 3 is 2.62 bits per heavy atom. The van der Waals surface area contributed by atoms with Gasteiger partial charge in [0.15, 0.2) is 0 Å². The fourth-order valence-electron chi connectivity index (χ4n) is 3.86. The first-order valence-electron chi connectivity index (χ1n) is 9.76. The van der Waals surface area contributed by atoms with Gasteiger partial charge in [-0.25, -0.2) is 9.97 Å². The van der Waals surface area contributed by atoms with Gasteiger partial charge < -0.3 is 9.84 Å². The molecule has 1 unspecified atom stereocenters. The van der Waals surface area contributed by atoms with Gasteiger partial charge in [-0.2, -0.15) is 5.10 Å². The predicted octanol–water partition coefficient (Wildman–Crippen LogP) is 4.15. The number of nitrogens with zero attached hydrogens (tertiary/aromatic N) is 4. The fraction of sp³-hybridized carbons (Fsp3) is 0.261. The van der Waals surface area contributed by atoms with Crippen LogP contribution in [-0.2, 0) is 7.05 Å². The number of ether oxygens (including phenoxy) is 1. The standard InChI is InChI=1S/C23H22N4O2/c1-27-12-18(21(26-27)14-6-4-3-5-7-14)22-16-10-17(23(28)15-8-9-15)20(29-2)11-19(16)24-13-25-22/h3-7,10-13,15,23,28H,8-9H2,1-2H3. The molecule has 1 fully saturated rings. The van der Waals surface area contributed by atoms with Crippen molar-refractivity contribution in [1.82, 2.24) is 19.7 Å². The van der Waals surface area contributed by atoms with Crippen molar-refractivity contribution in [2.75, 3.05) is 7.11 Å². The summed E-state index contributed by atoms with van der Waals surface area (Å²) in [6.07, 6.45) is 5.09. The van der Waals surface area contributed by atoms with E-state index in [1.54, 1.807) is 18.1 Å². The van der Waals surface area contributed by atoms with Crippen molar-refractivity contribution >= 4 is 10.9 Å². The minimum atomic E-state index is -0.537. The Morgan fingerprint density at radius 1 is 1.10 bits per heavy atom. The normalized spacial score (nSPS) is 14.9. The number of aromatic nitrogens is 4. The average Bonchev–Trinajstić information content (AvgIpc) is 3.54. The Morgan fingerprint density at radius 2 is 1.90 bits per heavy atom. The summed E-state index contributed by atoms with van der Waals surface area (Å²) in [5.41, 5.74) is 5.21. The van der Waals surface area contributed by atoms with Crippen LogP contribution < -0.4 is 4.74 Å². The highest BCUT2D eigenvalue weighted by atomic mass is 16.5. The van der Waals surface area contributed by atoms with Crippen molar-refractivity contribution < 1.29 is 9.84 Å². The van der Waals surface area contributed by atoms with Gasteiger partial charge >= 0.3 is 0 Å². The molecule has 0 radical (unpaired) electrons. The lowest BCUT2D eigenvalue weighted by atomic mass is 9.98. The lowest BCUT2D eigenvalue weighted by molar-refractivity contribution is 0.150. The van der Waals surface area contributed by atoms with Crippen LogP contribution >= 0.6 is 0 Å². The number of rotatable bonds is 5. The van der Waals surface area contributed by atoms with Crippen LogP contribution in [0.15, 0.2) is 55.0 Å². The average molecular weight is 386 g/mol. The second-order valence-corrected chi connectivity index (χ2v) is 7.55. The molecule has 0 saturated heterocycles. The van der Waals surface area contributed by atoms with Crippen LogP contribution in [-0.4, -0.2) is 32.0 Å². The Labute approximate surface area is 168 Å². The van der Waals surface area contributed by atoms with Gasteiger partial charge in [-0.15, -0.1) is 0 Å². The van der Waals surface area contributed by atoms with Gasteiger partial charge in [-0.05, 0) is 24.8 Å². The van der Waals surface area contributed by atoms with Gasteiger partial charge in [0.2, 0.25) is 0 Å². The minimum absolute atomic E-state index is 0.299. The number of aliphatic hydroxyl groups excluding tert-OH is 1. The van der Waals surface area contributed by atoms with Gasteiger partial charge in [0.1, 0.15) is 17.8 Å². The topological polar surface area (TPSA) is 73.1 Å². The van der Waals surface area contributed by atoms with Crippen molar-refractivity contribution in [1.29, 1.82) is 0 Å². The number of methoxy groups -OCH3 is 1. The van der Waals surface area contributed by atoms with Gasteiger partial charge in [-0.3, -0.25) is 4.68 Å². The molecule has 2 heterocycles. The highest BCUT2D eigenvalue weighted by Crippen LogP contribution is 2.45. The van der Waals surface area contributed by atoms with Crippen LogP contribution in [0, 0.1) is 5.92 Å². The number of aryl methyl sites for hydroxylation is 1. The zero-order valence-electron chi connectivity index (χ0n) is 16.4. The van der Waals surface area contributed by atoms with Crippen LogP contribution in [0.1, 0.15) is 24.5 Å². The van der Waals surface area contributed by atoms with Crippen LogP contribution in [0.3, 0.4) is 0 Å². The highest BCUT2D eigenvalue weighted by molar-refractivity contribution is 5.96. The summed E-state index contributed by atoms with van der Waals surface area (Å²) in [7, 11) is 3.53. The van der Waals surface area contributed by atoms with E-state index in [0.29, 0.717) is 11.7 Å². The van der Waals surface area contributed by atoms with Crippen LogP contribution in [0.4, 0.5) is 0 Å². The molecule has 0 spiro atoms. The molecule has 29 heavy (non-hydrogen) atoms. The number of aliphatic hydroxyl groups is 1. The van der Waals surface area contributed by atoms with Gasteiger partial charge in [0, 0.05) is 41.4 Å². The summed E-state index contributed by atoms with van der Waals surface area (Å²) in [6, 6.07) is 13.9. The molecule has 2 aromatic heterocycles. The lowest BCUT2D eigenvalue weighted by Gasteiger charge is -2.16. The summed E-state index contributed by atoms with van der Waals surface area (Å²) < 4.78 is 7.36. The monoisotopic (exact) mass is 386 g/mol. The van der Waals surface area contributed by atoms with Crippen molar-refractivity contribution in [3.63, 3.8) is 0 Å². The molecular weight excluding hydrogens is 364 g/mol. The Hall–Kier alpha value is -3.25. The van der Waals surface area contributed by atoms with E-state index in [2.05, 4.69) is 15.1 Å². The molecule has 6 nitrogen and oxygen atoms in total. The third-order valence-corrected chi connectivity index (χ3v) is 5.51. The molecule has 0 amide bonds. The number of fused-ring (bicyclic) bond motifs is 1. The molecule has 0 bridgehead atoms. The summed E-state index contributed by atoms with van der Waals surface area (Å²) in [6.45, 7) is 0. The molecule has 1 saturated carbocycles. The largest absolute Gasteiger partial charge is 0.496 e. The minimum Gasteiger partial charge on any atom is -0.496 e. The zero-order valence-corrected chi connectivity index (χ0v) is 16.4. The highest BCUT2D eigenvalue weighted by Gasteiger charge is 2.33. The first-order chi connectivity index (χ1) is 14.2. The maximum atomic E-state index is 10.8. The summed E-state index contributed by atoms with van der Waals surface area (Å²) in [5, 5.41) is 16.4. The summed E-state index contributed by atoms with van der Waals surface area (Å²) in [4.78, 5) is 9.05. The molecule has 5 rings (SSSR count). The van der Waals surface area contributed by atoms with Crippen molar-refractivity contribution in [3.8, 4) is 28.3 Å². The van der Waals surface area contributed by atoms with Crippen molar-refractivity contribution in [2.24, 2.45) is 13.0 Å². The lowest BCUT2D eigenvalue weighted by Crippen LogP contribution is -2.03. The van der Waals surface area contributed by atoms with E-state index in [1.807, 2.05) is 55.7 Å². The van der Waals surface area contributed by atoms with Crippen LogP contribution in [0.25, 0.3) is 33.4 Å². The smallest absolute Gasteiger partial charge is 0.126 e. The van der Waals surface area contributed by atoms with Gasteiger partial charge in [-0.1, -0.05) is 30.3 Å². The number of hydrogen-bond donors (Lipinski definition) is 1. The van der Waals surface area contributed by atoms with Gasteiger partial charge in [0.05, 0.1) is 24.4 Å². The molecule has 1 aliphatic carbocycles. The molecule has 4 aromatic rings. The third kappa shape index (κ3) is 3.15. The van der Waals surface area contributed by atoms with E-state index in [9.17, 15) is 5.11 Å². The molecule has 1 atom stereocenters. The van der Waals surface area contributed by atoms with E-state index in [-0.39, 0.29) is 0 Å². The molecule has 1 aliphatic rings. The van der Waals surface area contributed by atoms with Crippen molar-refractivity contribution in [3.05, 3.63) is 60.6 Å². The quantitative estimate of drug-likeness (QED) is 0.558. The van der Waals surface area contributed by atoms with E-state index in [1.165, 1.54) is 0 Å². The van der Waals surface area contributed by atoms with E-state index < -0.39 is 6.10 Å². The predicted molar refractivity (Wildman–Crippen MR) is 111 cm³/mol. The Kier molecular flexibility index (Phi) is 4.28. The van der Waals surface area contributed by atoms with Crippen LogP contribution in [0.5, 0.6) is 5.75 Å². The summed E-state index contributed by atoms with van der Waals surface area (Å²) >= 11 is 0. The first-order valence-corrected chi connectivity index (χ1v) is 9.76. The molecule has 0 aliphatic heterocycles. The van der Waals surface area contributed by atoms with Gasteiger partial charge in [0.25, 0.3) is 0 Å². The Balaban J connectivity index is 1.73. The van der Waals surface area contributed by atoms with Crippen LogP contribution in [0.2, 0.25) is 0 Å². The number of benzene rings is 2. The fourth-order valence-corrected chi connectivity index (χ4v) is 3.86. The van der Waals surface area contributed by atoms with E-state index in [4.69, 9.17) is 4.74 Å². The zero-order chi connectivity index (χ0) is 20.0. The molecule has 2 aromatic carbocycles. The second-order valence-electron chi connectivity index (χ2n) is 7.55. The SMILES string of the molecule is COc1cc2ncnc(-c3cn(C)nc3-c3ccccc3)c2cc1C(O)C1CC1. The van der Waals surface area contributed by atoms with Crippen molar-refractivity contribution in [2.45, 2.75) is 18.9 Å². The Bertz CT molecular complexity index is 1180. The second kappa shape index (κ2) is 6.97. The molecular formula is C23H22N4O2. The number of hydrogen-bond acceptors (Lipinski definition) is 5. The molecule has 146 valence electrons. The first kappa shape index (κ1) is 17.8. The molecule has 6 heteroatoms. The summed E-state index contributed by atoms with van der Waals surface area (Å²) in [5.74, 6) is 0.962. The molecule has 1 N–H and O–H groups in total.